The van der Waals surface area contributed by atoms with E-state index in [4.69, 9.17) is 14.2 Å². The molecular weight excluding hydrogens is 342 g/mol. The summed E-state index contributed by atoms with van der Waals surface area (Å²) >= 11 is 1.33. The minimum atomic E-state index is -0.500. The fourth-order valence-electron chi connectivity index (χ4n) is 2.29. The van der Waals surface area contributed by atoms with Crippen molar-refractivity contribution >= 4 is 23.2 Å². The first-order chi connectivity index (χ1) is 11.9. The van der Waals surface area contributed by atoms with E-state index in [1.54, 1.807) is 38.5 Å². The molecular formula is C18H21NO5S. The largest absolute Gasteiger partial charge is 0.497 e. The molecule has 6 nitrogen and oxygen atoms in total. The molecule has 2 rings (SSSR count). The number of rotatable bonds is 7. The normalized spacial score (nSPS) is 11.5. The van der Waals surface area contributed by atoms with E-state index in [0.717, 1.165) is 10.4 Å². The molecule has 1 N–H and O–H groups in total. The monoisotopic (exact) mass is 363 g/mol. The highest BCUT2D eigenvalue weighted by Gasteiger charge is 2.17. The summed E-state index contributed by atoms with van der Waals surface area (Å²) in [5, 5.41) is 2.79. The molecule has 0 aliphatic carbocycles. The van der Waals surface area contributed by atoms with Gasteiger partial charge < -0.3 is 19.5 Å². The van der Waals surface area contributed by atoms with Crippen molar-refractivity contribution in [3.8, 4) is 11.5 Å². The van der Waals surface area contributed by atoms with Crippen molar-refractivity contribution in [2.24, 2.45) is 0 Å². The summed E-state index contributed by atoms with van der Waals surface area (Å²) in [5.74, 6) is 0.412. The van der Waals surface area contributed by atoms with Gasteiger partial charge in [-0.3, -0.25) is 4.79 Å². The molecule has 1 amide bonds. The van der Waals surface area contributed by atoms with Crippen LogP contribution in [0.2, 0.25) is 0 Å². The highest BCUT2D eigenvalue weighted by atomic mass is 32.1. The van der Waals surface area contributed by atoms with Crippen LogP contribution in [0.5, 0.6) is 11.5 Å². The molecule has 0 saturated carbocycles. The Balaban J connectivity index is 1.95. The number of carbonyl (C=O) groups is 2. The third-order valence-corrected chi connectivity index (χ3v) is 4.54. The van der Waals surface area contributed by atoms with Gasteiger partial charge in [-0.15, -0.1) is 11.3 Å². The number of hydrogen-bond acceptors (Lipinski definition) is 6. The van der Waals surface area contributed by atoms with Crippen LogP contribution in [-0.2, 0) is 9.53 Å². The number of esters is 1. The summed E-state index contributed by atoms with van der Waals surface area (Å²) in [6.45, 7) is 3.38. The summed E-state index contributed by atoms with van der Waals surface area (Å²) in [4.78, 5) is 25.4. The van der Waals surface area contributed by atoms with Gasteiger partial charge in [0.2, 0.25) is 0 Å². The predicted molar refractivity (Wildman–Crippen MR) is 95.4 cm³/mol. The highest BCUT2D eigenvalue weighted by Crippen LogP contribution is 2.29. The van der Waals surface area contributed by atoms with E-state index in [2.05, 4.69) is 5.32 Å². The van der Waals surface area contributed by atoms with Crippen LogP contribution < -0.4 is 14.8 Å². The fraction of sp³-hybridized carbons (Fsp3) is 0.333. The quantitative estimate of drug-likeness (QED) is 0.765. The molecule has 25 heavy (non-hydrogen) atoms. The van der Waals surface area contributed by atoms with E-state index in [-0.39, 0.29) is 18.6 Å². The molecule has 0 saturated heterocycles. The smallest absolute Gasteiger partial charge is 0.348 e. The lowest BCUT2D eigenvalue weighted by molar-refractivity contribution is -0.124. The van der Waals surface area contributed by atoms with Crippen molar-refractivity contribution in [2.45, 2.75) is 19.9 Å². The van der Waals surface area contributed by atoms with Gasteiger partial charge in [0.05, 0.1) is 20.3 Å². The van der Waals surface area contributed by atoms with E-state index >= 15 is 0 Å². The molecule has 1 heterocycles. The lowest BCUT2D eigenvalue weighted by Gasteiger charge is -2.18. The first kappa shape index (κ1) is 18.8. The molecule has 7 heteroatoms. The van der Waals surface area contributed by atoms with Crippen LogP contribution in [0.25, 0.3) is 0 Å². The molecule has 1 aromatic heterocycles. The maximum absolute atomic E-state index is 12.1. The molecule has 1 aromatic carbocycles. The van der Waals surface area contributed by atoms with Crippen molar-refractivity contribution < 1.29 is 23.8 Å². The van der Waals surface area contributed by atoms with E-state index in [1.807, 2.05) is 19.9 Å². The van der Waals surface area contributed by atoms with Gasteiger partial charge in [-0.2, -0.15) is 0 Å². The predicted octanol–water partition coefficient (Wildman–Crippen LogP) is 3.11. The Morgan fingerprint density at radius 1 is 1.16 bits per heavy atom. The molecule has 134 valence electrons. The standard InChI is InChI=1S/C18H21NO5S/c1-11-5-8-16(25-11)18(21)24-10-17(20)19-12(2)14-9-13(22-3)6-7-15(14)23-4/h5-9,12H,10H2,1-4H3,(H,19,20)/t12-/m0/s1. The first-order valence-corrected chi connectivity index (χ1v) is 8.51. The van der Waals surface area contributed by atoms with Gasteiger partial charge in [0.15, 0.2) is 6.61 Å². The summed E-state index contributed by atoms with van der Waals surface area (Å²) in [6.07, 6.45) is 0. The third-order valence-electron chi connectivity index (χ3n) is 3.56. The molecule has 0 radical (unpaired) electrons. The highest BCUT2D eigenvalue weighted by molar-refractivity contribution is 7.13. The SMILES string of the molecule is COc1ccc(OC)c([C@H](C)NC(=O)COC(=O)c2ccc(C)s2)c1. The number of aryl methyl sites for hydroxylation is 1. The van der Waals surface area contributed by atoms with Crippen molar-refractivity contribution in [1.29, 1.82) is 0 Å². The number of methoxy groups -OCH3 is 2. The second kappa shape index (κ2) is 8.53. The average Bonchev–Trinajstić information content (AvgIpc) is 3.05. The minimum Gasteiger partial charge on any atom is -0.497 e. The average molecular weight is 363 g/mol. The van der Waals surface area contributed by atoms with Crippen molar-refractivity contribution in [2.75, 3.05) is 20.8 Å². The topological polar surface area (TPSA) is 73.9 Å². The number of ether oxygens (including phenoxy) is 3. The lowest BCUT2D eigenvalue weighted by Crippen LogP contribution is -2.31. The van der Waals surface area contributed by atoms with Crippen molar-refractivity contribution in [3.05, 3.63) is 45.6 Å². The fourth-order valence-corrected chi connectivity index (χ4v) is 3.05. The Morgan fingerprint density at radius 2 is 1.92 bits per heavy atom. The summed E-state index contributed by atoms with van der Waals surface area (Å²) in [5.41, 5.74) is 0.774. The number of thiophene rings is 1. The second-order valence-corrected chi connectivity index (χ2v) is 6.67. The second-order valence-electron chi connectivity index (χ2n) is 5.38. The van der Waals surface area contributed by atoms with Crippen LogP contribution in [0.4, 0.5) is 0 Å². The maximum atomic E-state index is 12.1. The van der Waals surface area contributed by atoms with E-state index in [9.17, 15) is 9.59 Å². The van der Waals surface area contributed by atoms with Gasteiger partial charge >= 0.3 is 5.97 Å². The zero-order valence-corrected chi connectivity index (χ0v) is 15.4. The van der Waals surface area contributed by atoms with Gasteiger partial charge in [-0.05, 0) is 44.2 Å². The Labute approximate surface area is 150 Å². The zero-order valence-electron chi connectivity index (χ0n) is 14.6. The van der Waals surface area contributed by atoms with Gasteiger partial charge in [0.25, 0.3) is 5.91 Å². The number of carbonyl (C=O) groups excluding carboxylic acids is 2. The number of hydrogen-bond donors (Lipinski definition) is 1. The summed E-state index contributed by atoms with van der Waals surface area (Å²) < 4.78 is 15.6. The van der Waals surface area contributed by atoms with Gasteiger partial charge in [-0.25, -0.2) is 4.79 Å². The molecule has 0 unspecified atom stereocenters. The van der Waals surface area contributed by atoms with Crippen LogP contribution in [0, 0.1) is 6.92 Å². The van der Waals surface area contributed by atoms with Crippen LogP contribution in [0.15, 0.2) is 30.3 Å². The van der Waals surface area contributed by atoms with Crippen LogP contribution >= 0.6 is 11.3 Å². The number of amides is 1. The van der Waals surface area contributed by atoms with Crippen LogP contribution in [0.3, 0.4) is 0 Å². The molecule has 2 aromatic rings. The van der Waals surface area contributed by atoms with E-state index < -0.39 is 5.97 Å². The van der Waals surface area contributed by atoms with Gasteiger partial charge in [0.1, 0.15) is 16.4 Å². The molecule has 0 aliphatic heterocycles. The Kier molecular flexibility index (Phi) is 6.41. The Morgan fingerprint density at radius 3 is 2.52 bits per heavy atom. The van der Waals surface area contributed by atoms with Crippen molar-refractivity contribution in [1.82, 2.24) is 5.32 Å². The lowest BCUT2D eigenvalue weighted by atomic mass is 10.1. The van der Waals surface area contributed by atoms with E-state index in [1.165, 1.54) is 11.3 Å². The van der Waals surface area contributed by atoms with Crippen LogP contribution in [0.1, 0.15) is 33.1 Å². The maximum Gasteiger partial charge on any atom is 0.348 e. The zero-order chi connectivity index (χ0) is 18.4. The molecule has 0 aliphatic rings. The van der Waals surface area contributed by atoms with Gasteiger partial charge in [-0.1, -0.05) is 0 Å². The summed E-state index contributed by atoms with van der Waals surface area (Å²) in [6, 6.07) is 8.53. The molecule has 0 fully saturated rings. The van der Waals surface area contributed by atoms with Gasteiger partial charge in [0, 0.05) is 10.4 Å². The van der Waals surface area contributed by atoms with E-state index in [0.29, 0.717) is 16.4 Å². The molecule has 1 atom stereocenters. The van der Waals surface area contributed by atoms with Crippen molar-refractivity contribution in [3.63, 3.8) is 0 Å². The molecule has 0 spiro atoms. The first-order valence-electron chi connectivity index (χ1n) is 7.69. The Bertz CT molecular complexity index is 756. The Hall–Kier alpha value is -2.54. The number of benzene rings is 1. The minimum absolute atomic E-state index is 0.333. The summed E-state index contributed by atoms with van der Waals surface area (Å²) in [7, 11) is 3.13. The molecule has 0 bridgehead atoms. The van der Waals surface area contributed by atoms with Crippen LogP contribution in [-0.4, -0.2) is 32.7 Å². The third kappa shape index (κ3) is 4.96. The number of nitrogens with one attached hydrogen (secondary N) is 1.